The lowest BCUT2D eigenvalue weighted by Crippen LogP contribution is -1.92. The number of alkyl halides is 3. The van der Waals surface area contributed by atoms with Gasteiger partial charge in [0.25, 0.3) is 0 Å². The van der Waals surface area contributed by atoms with Crippen molar-refractivity contribution in [2.45, 2.75) is 8.02 Å². The van der Waals surface area contributed by atoms with Gasteiger partial charge in [0.2, 0.25) is 3.12 Å². The average molecular weight is 246 g/mol. The van der Waals surface area contributed by atoms with Crippen LogP contribution in [-0.4, -0.2) is 3.12 Å². The van der Waals surface area contributed by atoms with E-state index in [0.717, 1.165) is 11.8 Å². The minimum Gasteiger partial charge on any atom is -0.207 e. The van der Waals surface area contributed by atoms with Crippen LogP contribution in [0.25, 0.3) is 0 Å². The van der Waals surface area contributed by atoms with Crippen LogP contribution in [0.1, 0.15) is 0 Å². The molecule has 1 aromatic rings. The number of hydrogen-bond acceptors (Lipinski definition) is 1. The molecule has 66 valence electrons. The molecule has 0 atom stereocenters. The van der Waals surface area contributed by atoms with Crippen molar-refractivity contribution in [2.24, 2.45) is 0 Å². The lowest BCUT2D eigenvalue weighted by atomic mass is 10.4. The SMILES string of the molecule is Fc1cccc(SC(Cl)(Cl)Cl)c1. The van der Waals surface area contributed by atoms with Crippen molar-refractivity contribution in [2.75, 3.05) is 0 Å². The van der Waals surface area contributed by atoms with Gasteiger partial charge in [0.15, 0.2) is 0 Å². The Bertz CT molecular complexity index is 272. The second kappa shape index (κ2) is 4.05. The summed E-state index contributed by atoms with van der Waals surface area (Å²) in [7, 11) is 0. The molecule has 0 nitrogen and oxygen atoms in total. The fourth-order valence-electron chi connectivity index (χ4n) is 0.664. The van der Waals surface area contributed by atoms with E-state index < -0.39 is 3.12 Å². The van der Waals surface area contributed by atoms with Crippen molar-refractivity contribution in [3.05, 3.63) is 30.1 Å². The summed E-state index contributed by atoms with van der Waals surface area (Å²) in [5, 5.41) is 0. The molecule has 0 N–H and O–H groups in total. The van der Waals surface area contributed by atoms with E-state index in [1.165, 1.54) is 12.1 Å². The first-order chi connectivity index (χ1) is 5.47. The minimum absolute atomic E-state index is 0.339. The van der Waals surface area contributed by atoms with Gasteiger partial charge in [-0.2, -0.15) is 0 Å². The smallest absolute Gasteiger partial charge is 0.207 e. The van der Waals surface area contributed by atoms with E-state index in [1.54, 1.807) is 12.1 Å². The molecule has 1 aromatic carbocycles. The fourth-order valence-corrected chi connectivity index (χ4v) is 2.05. The molecular weight excluding hydrogens is 242 g/mol. The number of thioether (sulfide) groups is 1. The van der Waals surface area contributed by atoms with E-state index in [2.05, 4.69) is 0 Å². The third-order valence-corrected chi connectivity index (χ3v) is 2.45. The molecule has 0 bridgehead atoms. The van der Waals surface area contributed by atoms with Gasteiger partial charge >= 0.3 is 0 Å². The standard InChI is InChI=1S/C7H4Cl3FS/c8-7(9,10)12-6-3-1-2-5(11)4-6/h1-4H. The van der Waals surface area contributed by atoms with Gasteiger partial charge in [-0.3, -0.25) is 0 Å². The summed E-state index contributed by atoms with van der Waals surface area (Å²) in [6.45, 7) is 0. The molecule has 0 aromatic heterocycles. The van der Waals surface area contributed by atoms with Gasteiger partial charge in [-0.15, -0.1) is 0 Å². The van der Waals surface area contributed by atoms with Crippen molar-refractivity contribution >= 4 is 46.6 Å². The lowest BCUT2D eigenvalue weighted by molar-refractivity contribution is 0.624. The lowest BCUT2D eigenvalue weighted by Gasteiger charge is -2.09. The fraction of sp³-hybridized carbons (Fsp3) is 0.143. The Balaban J connectivity index is 2.77. The summed E-state index contributed by atoms with van der Waals surface area (Å²) in [5.41, 5.74) is 0. The second-order valence-electron chi connectivity index (χ2n) is 2.01. The molecule has 12 heavy (non-hydrogen) atoms. The molecular formula is C7H4Cl3FS. The van der Waals surface area contributed by atoms with Gasteiger partial charge in [-0.05, 0) is 18.2 Å². The first-order valence-electron chi connectivity index (χ1n) is 2.99. The van der Waals surface area contributed by atoms with E-state index in [4.69, 9.17) is 34.8 Å². The van der Waals surface area contributed by atoms with Crippen molar-refractivity contribution in [3.63, 3.8) is 0 Å². The van der Waals surface area contributed by atoms with Crippen LogP contribution >= 0.6 is 46.6 Å². The maximum atomic E-state index is 12.6. The Kier molecular flexibility index (Phi) is 3.53. The van der Waals surface area contributed by atoms with Crippen LogP contribution in [0, 0.1) is 5.82 Å². The molecule has 1 rings (SSSR count). The Morgan fingerprint density at radius 2 is 1.92 bits per heavy atom. The van der Waals surface area contributed by atoms with Crippen LogP contribution in [0.2, 0.25) is 0 Å². The molecule has 0 aliphatic heterocycles. The van der Waals surface area contributed by atoms with Crippen LogP contribution in [0.5, 0.6) is 0 Å². The number of rotatable bonds is 1. The van der Waals surface area contributed by atoms with Crippen molar-refractivity contribution in [1.29, 1.82) is 0 Å². The van der Waals surface area contributed by atoms with E-state index in [1.807, 2.05) is 0 Å². The summed E-state index contributed by atoms with van der Waals surface area (Å²) >= 11 is 17.4. The Labute approximate surface area is 89.0 Å². The first kappa shape index (κ1) is 10.5. The predicted molar refractivity (Wildman–Crippen MR) is 52.5 cm³/mol. The minimum atomic E-state index is -1.44. The highest BCUT2D eigenvalue weighted by Gasteiger charge is 2.21. The Morgan fingerprint density at radius 1 is 1.25 bits per heavy atom. The normalized spacial score (nSPS) is 11.7. The van der Waals surface area contributed by atoms with Crippen LogP contribution in [0.15, 0.2) is 29.2 Å². The molecule has 0 radical (unpaired) electrons. The molecule has 0 aliphatic rings. The Hall–Kier alpha value is 0.370. The van der Waals surface area contributed by atoms with Crippen LogP contribution in [0.3, 0.4) is 0 Å². The first-order valence-corrected chi connectivity index (χ1v) is 4.94. The molecule has 0 saturated carbocycles. The zero-order valence-electron chi connectivity index (χ0n) is 5.73. The highest BCUT2D eigenvalue weighted by molar-refractivity contribution is 8.04. The van der Waals surface area contributed by atoms with Crippen LogP contribution < -0.4 is 0 Å². The van der Waals surface area contributed by atoms with Crippen LogP contribution in [0.4, 0.5) is 4.39 Å². The second-order valence-corrected chi connectivity index (χ2v) is 6.25. The van der Waals surface area contributed by atoms with Gasteiger partial charge in [0, 0.05) is 4.90 Å². The summed E-state index contributed by atoms with van der Waals surface area (Å²) in [5.74, 6) is -0.339. The summed E-state index contributed by atoms with van der Waals surface area (Å²) < 4.78 is 11.2. The summed E-state index contributed by atoms with van der Waals surface area (Å²) in [6.07, 6.45) is 0. The molecule has 5 heteroatoms. The van der Waals surface area contributed by atoms with E-state index in [9.17, 15) is 4.39 Å². The molecule has 0 unspecified atom stereocenters. The zero-order valence-corrected chi connectivity index (χ0v) is 8.81. The Morgan fingerprint density at radius 3 is 2.42 bits per heavy atom. The molecule has 0 aliphatic carbocycles. The third-order valence-electron chi connectivity index (χ3n) is 1.03. The highest BCUT2D eigenvalue weighted by Crippen LogP contribution is 2.43. The number of halogens is 4. The van der Waals surface area contributed by atoms with Gasteiger partial charge in [-0.1, -0.05) is 52.6 Å². The number of benzene rings is 1. The quantitative estimate of drug-likeness (QED) is 0.527. The molecule has 0 heterocycles. The third kappa shape index (κ3) is 3.85. The van der Waals surface area contributed by atoms with E-state index >= 15 is 0 Å². The predicted octanol–water partition coefficient (Wildman–Crippen LogP) is 4.25. The van der Waals surface area contributed by atoms with Gasteiger partial charge in [0.05, 0.1) is 0 Å². The monoisotopic (exact) mass is 244 g/mol. The topological polar surface area (TPSA) is 0 Å². The highest BCUT2D eigenvalue weighted by atomic mass is 35.6. The molecule has 0 amide bonds. The van der Waals surface area contributed by atoms with E-state index in [-0.39, 0.29) is 5.82 Å². The van der Waals surface area contributed by atoms with Crippen molar-refractivity contribution in [1.82, 2.24) is 0 Å². The van der Waals surface area contributed by atoms with Crippen LogP contribution in [-0.2, 0) is 0 Å². The van der Waals surface area contributed by atoms with Gasteiger partial charge in [0.1, 0.15) is 5.82 Å². The largest absolute Gasteiger partial charge is 0.241 e. The number of hydrogen-bond donors (Lipinski definition) is 0. The van der Waals surface area contributed by atoms with Crippen molar-refractivity contribution in [3.8, 4) is 0 Å². The maximum Gasteiger partial charge on any atom is 0.241 e. The molecule has 0 fully saturated rings. The maximum absolute atomic E-state index is 12.6. The molecule has 0 saturated heterocycles. The summed E-state index contributed by atoms with van der Waals surface area (Å²) in [6, 6.07) is 5.89. The van der Waals surface area contributed by atoms with Gasteiger partial charge in [-0.25, -0.2) is 4.39 Å². The zero-order chi connectivity index (χ0) is 9.19. The summed E-state index contributed by atoms with van der Waals surface area (Å²) in [4.78, 5) is 0.593. The average Bonchev–Trinajstić information content (AvgIpc) is 1.82. The van der Waals surface area contributed by atoms with E-state index in [0.29, 0.717) is 4.90 Å². The molecule has 0 spiro atoms. The van der Waals surface area contributed by atoms with Gasteiger partial charge < -0.3 is 0 Å². The van der Waals surface area contributed by atoms with Crippen molar-refractivity contribution < 1.29 is 4.39 Å².